The summed E-state index contributed by atoms with van der Waals surface area (Å²) in [5.74, 6) is -0.296. The summed E-state index contributed by atoms with van der Waals surface area (Å²) in [5.41, 5.74) is 1.40. The molecule has 48 valence electrons. The number of rotatable bonds is 0. The number of carbonyl (C=O) groups excluding carboxylic acids is 1. The van der Waals surface area contributed by atoms with Crippen LogP contribution in [0.1, 0.15) is 6.92 Å². The van der Waals surface area contributed by atoms with E-state index in [1.54, 1.807) is 0 Å². The van der Waals surface area contributed by atoms with Gasteiger partial charge in [-0.25, -0.2) is 4.79 Å². The summed E-state index contributed by atoms with van der Waals surface area (Å²) in [6, 6.07) is 0. The highest BCUT2D eigenvalue weighted by Crippen LogP contribution is 2.12. The van der Waals surface area contributed by atoms with Crippen molar-refractivity contribution in [2.75, 3.05) is 6.61 Å². The summed E-state index contributed by atoms with van der Waals surface area (Å²) in [6.45, 7) is 5.78. The van der Waals surface area contributed by atoms with Gasteiger partial charge in [0, 0.05) is 0 Å². The topological polar surface area (TPSA) is 26.3 Å². The summed E-state index contributed by atoms with van der Waals surface area (Å²) in [6.07, 6.45) is 1.84. The lowest BCUT2D eigenvalue weighted by Crippen LogP contribution is -2.13. The summed E-state index contributed by atoms with van der Waals surface area (Å²) in [4.78, 5) is 10.6. The Labute approximate surface area is 53.8 Å². The van der Waals surface area contributed by atoms with E-state index in [1.165, 1.54) is 0 Å². The SMILES string of the molecule is C=C1C(=O)OCC=C1C. The fraction of sp³-hybridized carbons (Fsp3) is 0.286. The van der Waals surface area contributed by atoms with Crippen molar-refractivity contribution < 1.29 is 9.53 Å². The number of ether oxygens (including phenoxy) is 1. The number of carbonyl (C=O) groups is 1. The highest BCUT2D eigenvalue weighted by Gasteiger charge is 2.13. The second kappa shape index (κ2) is 2.05. The first-order valence-corrected chi connectivity index (χ1v) is 2.75. The second-order valence-electron chi connectivity index (χ2n) is 1.96. The standard InChI is InChI=1S/C7H8O2/c1-5-3-4-9-7(8)6(5)2/h3H,2,4H2,1H3. The average molecular weight is 124 g/mol. The average Bonchev–Trinajstić information content (AvgIpc) is 1.83. The van der Waals surface area contributed by atoms with E-state index < -0.39 is 0 Å². The van der Waals surface area contributed by atoms with Crippen LogP contribution in [0.25, 0.3) is 0 Å². The van der Waals surface area contributed by atoms with Crippen molar-refractivity contribution in [1.29, 1.82) is 0 Å². The molecule has 0 aromatic rings. The zero-order valence-corrected chi connectivity index (χ0v) is 5.31. The Morgan fingerprint density at radius 1 is 1.78 bits per heavy atom. The van der Waals surface area contributed by atoms with Gasteiger partial charge in [0.15, 0.2) is 0 Å². The fourth-order valence-corrected chi connectivity index (χ4v) is 0.614. The molecule has 0 saturated carbocycles. The van der Waals surface area contributed by atoms with Crippen LogP contribution in [0.2, 0.25) is 0 Å². The third-order valence-corrected chi connectivity index (χ3v) is 1.33. The minimum Gasteiger partial charge on any atom is -0.458 e. The Kier molecular flexibility index (Phi) is 1.39. The first-order chi connectivity index (χ1) is 4.22. The predicted octanol–water partition coefficient (Wildman–Crippen LogP) is 1.05. The Hall–Kier alpha value is -1.05. The Morgan fingerprint density at radius 2 is 2.44 bits per heavy atom. The van der Waals surface area contributed by atoms with Gasteiger partial charge >= 0.3 is 5.97 Å². The quantitative estimate of drug-likeness (QED) is 0.356. The lowest BCUT2D eigenvalue weighted by Gasteiger charge is -2.10. The molecule has 2 heteroatoms. The van der Waals surface area contributed by atoms with Crippen LogP contribution in [-0.4, -0.2) is 12.6 Å². The Morgan fingerprint density at radius 3 is 2.89 bits per heavy atom. The van der Waals surface area contributed by atoms with E-state index in [-0.39, 0.29) is 5.97 Å². The van der Waals surface area contributed by atoms with Gasteiger partial charge in [-0.3, -0.25) is 0 Å². The number of hydrogen-bond donors (Lipinski definition) is 0. The van der Waals surface area contributed by atoms with E-state index in [2.05, 4.69) is 11.3 Å². The van der Waals surface area contributed by atoms with Gasteiger partial charge in [-0.1, -0.05) is 6.58 Å². The van der Waals surface area contributed by atoms with Gasteiger partial charge in [0.1, 0.15) is 6.61 Å². The molecule has 0 aromatic heterocycles. The van der Waals surface area contributed by atoms with E-state index in [0.717, 1.165) is 5.57 Å². The fourth-order valence-electron chi connectivity index (χ4n) is 0.614. The van der Waals surface area contributed by atoms with Gasteiger partial charge in [-0.15, -0.1) is 0 Å². The number of esters is 1. The number of cyclic esters (lactones) is 1. The van der Waals surface area contributed by atoms with Gasteiger partial charge in [0.25, 0.3) is 0 Å². The minimum absolute atomic E-state index is 0.296. The summed E-state index contributed by atoms with van der Waals surface area (Å²) in [5, 5.41) is 0. The van der Waals surface area contributed by atoms with Crippen LogP contribution in [0.3, 0.4) is 0 Å². The van der Waals surface area contributed by atoms with E-state index in [0.29, 0.717) is 12.2 Å². The van der Waals surface area contributed by atoms with Crippen molar-refractivity contribution >= 4 is 5.97 Å². The van der Waals surface area contributed by atoms with Crippen LogP contribution in [0.4, 0.5) is 0 Å². The highest BCUT2D eigenvalue weighted by molar-refractivity contribution is 5.93. The van der Waals surface area contributed by atoms with Crippen LogP contribution in [0.5, 0.6) is 0 Å². The van der Waals surface area contributed by atoms with E-state index in [1.807, 2.05) is 13.0 Å². The molecule has 0 fully saturated rings. The molecular weight excluding hydrogens is 116 g/mol. The molecule has 1 rings (SSSR count). The molecule has 0 unspecified atom stereocenters. The smallest absolute Gasteiger partial charge is 0.338 e. The molecule has 0 bridgehead atoms. The summed E-state index contributed by atoms with van der Waals surface area (Å²) in [7, 11) is 0. The van der Waals surface area contributed by atoms with Crippen LogP contribution >= 0.6 is 0 Å². The Bertz CT molecular complexity index is 189. The molecule has 2 nitrogen and oxygen atoms in total. The van der Waals surface area contributed by atoms with Gasteiger partial charge in [-0.05, 0) is 18.6 Å². The zero-order valence-electron chi connectivity index (χ0n) is 5.31. The normalized spacial score (nSPS) is 19.0. The van der Waals surface area contributed by atoms with Crippen LogP contribution in [-0.2, 0) is 9.53 Å². The molecule has 0 spiro atoms. The van der Waals surface area contributed by atoms with Crippen molar-refractivity contribution in [3.63, 3.8) is 0 Å². The van der Waals surface area contributed by atoms with Crippen molar-refractivity contribution in [1.82, 2.24) is 0 Å². The van der Waals surface area contributed by atoms with Crippen LogP contribution < -0.4 is 0 Å². The highest BCUT2D eigenvalue weighted by atomic mass is 16.5. The van der Waals surface area contributed by atoms with Crippen molar-refractivity contribution in [3.8, 4) is 0 Å². The van der Waals surface area contributed by atoms with Crippen molar-refractivity contribution in [2.24, 2.45) is 0 Å². The Balaban J connectivity index is 2.86. The van der Waals surface area contributed by atoms with E-state index in [9.17, 15) is 4.79 Å². The van der Waals surface area contributed by atoms with Gasteiger partial charge < -0.3 is 4.74 Å². The molecule has 0 N–H and O–H groups in total. The van der Waals surface area contributed by atoms with E-state index in [4.69, 9.17) is 0 Å². The molecule has 1 heterocycles. The molecular formula is C7H8O2. The van der Waals surface area contributed by atoms with Crippen molar-refractivity contribution in [3.05, 3.63) is 23.8 Å². The third-order valence-electron chi connectivity index (χ3n) is 1.33. The maximum atomic E-state index is 10.6. The van der Waals surface area contributed by atoms with Gasteiger partial charge in [-0.2, -0.15) is 0 Å². The summed E-state index contributed by atoms with van der Waals surface area (Å²) >= 11 is 0. The first-order valence-electron chi connectivity index (χ1n) is 2.75. The predicted molar refractivity (Wildman–Crippen MR) is 33.9 cm³/mol. The minimum atomic E-state index is -0.296. The molecule has 1 aliphatic heterocycles. The van der Waals surface area contributed by atoms with Crippen LogP contribution in [0.15, 0.2) is 23.8 Å². The molecule has 0 aromatic carbocycles. The number of hydrogen-bond acceptors (Lipinski definition) is 2. The largest absolute Gasteiger partial charge is 0.458 e. The second-order valence-corrected chi connectivity index (χ2v) is 1.96. The van der Waals surface area contributed by atoms with Gasteiger partial charge in [0.2, 0.25) is 0 Å². The molecule has 0 radical (unpaired) electrons. The lowest BCUT2D eigenvalue weighted by atomic mass is 10.1. The summed E-state index contributed by atoms with van der Waals surface area (Å²) < 4.78 is 4.65. The third kappa shape index (κ3) is 1.02. The maximum Gasteiger partial charge on any atom is 0.338 e. The molecule has 9 heavy (non-hydrogen) atoms. The maximum absolute atomic E-state index is 10.6. The van der Waals surface area contributed by atoms with Gasteiger partial charge in [0.05, 0.1) is 5.57 Å². The molecule has 0 aliphatic carbocycles. The van der Waals surface area contributed by atoms with Crippen LogP contribution in [0, 0.1) is 0 Å². The molecule has 1 aliphatic rings. The van der Waals surface area contributed by atoms with E-state index >= 15 is 0 Å². The first kappa shape index (κ1) is 6.08. The molecule has 0 amide bonds. The van der Waals surface area contributed by atoms with Crippen molar-refractivity contribution in [2.45, 2.75) is 6.92 Å². The molecule has 0 saturated heterocycles. The zero-order chi connectivity index (χ0) is 6.85. The molecule has 0 atom stereocenters. The monoisotopic (exact) mass is 124 g/mol. The lowest BCUT2D eigenvalue weighted by molar-refractivity contribution is -0.138.